The molecule has 1 atom stereocenters. The zero-order valence-corrected chi connectivity index (χ0v) is 18.5. The van der Waals surface area contributed by atoms with E-state index in [9.17, 15) is 19.1 Å². The van der Waals surface area contributed by atoms with Gasteiger partial charge < -0.3 is 20.9 Å². The molecule has 0 spiro atoms. The number of rotatable bonds is 10. The molecule has 0 fully saturated rings. The van der Waals surface area contributed by atoms with Gasteiger partial charge in [-0.2, -0.15) is 5.10 Å². The molecule has 1 heterocycles. The van der Waals surface area contributed by atoms with Crippen LogP contribution in [0, 0.1) is 11.7 Å². The van der Waals surface area contributed by atoms with Crippen LogP contribution in [-0.2, 0) is 4.79 Å². The molecule has 3 aromatic rings. The number of aromatic nitrogens is 2. The van der Waals surface area contributed by atoms with E-state index in [-0.39, 0.29) is 42.7 Å². The Bertz CT molecular complexity index is 1160. The zero-order chi connectivity index (χ0) is 24.0. The highest BCUT2D eigenvalue weighted by Crippen LogP contribution is 2.33. The Morgan fingerprint density at radius 1 is 1.21 bits per heavy atom. The van der Waals surface area contributed by atoms with Gasteiger partial charge in [0.25, 0.3) is 5.91 Å². The van der Waals surface area contributed by atoms with Gasteiger partial charge >= 0.3 is 0 Å². The van der Waals surface area contributed by atoms with Gasteiger partial charge in [0.2, 0.25) is 5.91 Å². The van der Waals surface area contributed by atoms with Gasteiger partial charge in [0.05, 0.1) is 47.8 Å². The lowest BCUT2D eigenvalue weighted by Gasteiger charge is -2.21. The van der Waals surface area contributed by atoms with E-state index in [4.69, 9.17) is 10.5 Å². The maximum atomic E-state index is 13.2. The summed E-state index contributed by atoms with van der Waals surface area (Å²) >= 11 is 0. The average molecular weight is 455 g/mol. The number of nitrogens with one attached hydrogen (secondary N) is 2. The molecule has 174 valence electrons. The molecule has 1 aromatic heterocycles. The van der Waals surface area contributed by atoms with Gasteiger partial charge in [-0.1, -0.05) is 32.1 Å². The molecule has 9 heteroatoms. The molecule has 5 N–H and O–H groups in total. The highest BCUT2D eigenvalue weighted by molar-refractivity contribution is 6.05. The summed E-state index contributed by atoms with van der Waals surface area (Å²) in [6, 6.07) is 8.81. The molecule has 0 unspecified atom stereocenters. The first kappa shape index (κ1) is 23.9. The van der Waals surface area contributed by atoms with Gasteiger partial charge in [-0.15, -0.1) is 0 Å². The second kappa shape index (κ2) is 10.7. The molecule has 2 aromatic carbocycles. The first-order valence-corrected chi connectivity index (χ1v) is 10.6. The van der Waals surface area contributed by atoms with Crippen molar-refractivity contribution in [2.45, 2.75) is 26.3 Å². The topological polar surface area (TPSA) is 130 Å². The second-order valence-corrected chi connectivity index (χ2v) is 7.93. The number of benzene rings is 2. The normalized spacial score (nSPS) is 12.4. The minimum atomic E-state index is -0.531. The minimum Gasteiger partial charge on any atom is -0.491 e. The molecule has 0 aliphatic rings. The van der Waals surface area contributed by atoms with E-state index in [1.54, 1.807) is 36.4 Å². The molecule has 8 nitrogen and oxygen atoms in total. The number of H-pyrrole nitrogens is 1. The molecule has 2 amide bonds. The van der Waals surface area contributed by atoms with Crippen LogP contribution >= 0.6 is 0 Å². The Kier molecular flexibility index (Phi) is 7.78. The van der Waals surface area contributed by atoms with Gasteiger partial charge in [0.1, 0.15) is 11.6 Å². The van der Waals surface area contributed by atoms with Crippen molar-refractivity contribution >= 4 is 34.9 Å². The zero-order valence-electron chi connectivity index (χ0n) is 18.5. The Morgan fingerprint density at radius 2 is 1.94 bits per heavy atom. The fraction of sp³-hybridized carbons (Fsp3) is 0.292. The fourth-order valence-corrected chi connectivity index (χ4v) is 3.23. The van der Waals surface area contributed by atoms with Crippen LogP contribution in [-0.4, -0.2) is 46.4 Å². The minimum absolute atomic E-state index is 0.0186. The second-order valence-electron chi connectivity index (χ2n) is 7.93. The van der Waals surface area contributed by atoms with Crippen molar-refractivity contribution in [2.75, 3.05) is 13.2 Å². The Hall–Kier alpha value is -3.72. The molecule has 3 rings (SSSR count). The predicted octanol–water partition coefficient (Wildman–Crippen LogP) is 2.87. The third-order valence-electron chi connectivity index (χ3n) is 5.17. The third-order valence-corrected chi connectivity index (χ3v) is 5.17. The van der Waals surface area contributed by atoms with Crippen LogP contribution in [0.4, 0.5) is 4.39 Å². The van der Waals surface area contributed by atoms with Crippen LogP contribution in [0.2, 0.25) is 0 Å². The van der Waals surface area contributed by atoms with E-state index in [2.05, 4.69) is 15.5 Å². The number of aromatic amines is 1. The smallest absolute Gasteiger partial charge is 0.255 e. The van der Waals surface area contributed by atoms with E-state index in [0.29, 0.717) is 16.6 Å². The number of amides is 2. The van der Waals surface area contributed by atoms with Gasteiger partial charge in [-0.25, -0.2) is 4.39 Å². The first-order chi connectivity index (χ1) is 15.8. The summed E-state index contributed by atoms with van der Waals surface area (Å²) in [6.07, 6.45) is 3.49. The SMILES string of the molecule is CC(C)[C@@H](CO)NC(=O)c1ccc2n[nH]c(C=Cc3ccc(F)cc3)c2c1OCCC(N)=O. The van der Waals surface area contributed by atoms with Crippen molar-refractivity contribution in [2.24, 2.45) is 11.7 Å². The summed E-state index contributed by atoms with van der Waals surface area (Å²) in [5.74, 6) is -1.02. The number of hydrogen-bond donors (Lipinski definition) is 4. The number of aliphatic hydroxyl groups excluding tert-OH is 1. The maximum absolute atomic E-state index is 13.2. The highest BCUT2D eigenvalue weighted by Gasteiger charge is 2.23. The lowest BCUT2D eigenvalue weighted by molar-refractivity contribution is -0.118. The number of halogens is 1. The van der Waals surface area contributed by atoms with E-state index >= 15 is 0 Å². The van der Waals surface area contributed by atoms with Crippen LogP contribution in [0.25, 0.3) is 23.1 Å². The number of hydrogen-bond acceptors (Lipinski definition) is 5. The van der Waals surface area contributed by atoms with E-state index in [1.165, 1.54) is 12.1 Å². The molecular formula is C24H27FN4O4. The van der Waals surface area contributed by atoms with Crippen molar-refractivity contribution in [3.05, 3.63) is 59.0 Å². The molecular weight excluding hydrogens is 427 g/mol. The number of carbonyl (C=O) groups is 2. The maximum Gasteiger partial charge on any atom is 0.255 e. The van der Waals surface area contributed by atoms with Crippen LogP contribution in [0.1, 0.15) is 41.9 Å². The predicted molar refractivity (Wildman–Crippen MR) is 124 cm³/mol. The standard InChI is InChI=1S/C24H27FN4O4/c1-14(2)20(13-30)27-24(32)17-8-10-19-22(23(17)33-12-11-21(26)31)18(28-29-19)9-5-15-3-6-16(25)7-4-15/h3-10,14,20,30H,11-13H2,1-2H3,(H2,26,31)(H,27,32)(H,28,29)/t20-/m1/s1. The highest BCUT2D eigenvalue weighted by atomic mass is 19.1. The molecule has 0 radical (unpaired) electrons. The van der Waals surface area contributed by atoms with Gasteiger partial charge in [-0.3, -0.25) is 14.7 Å². The van der Waals surface area contributed by atoms with E-state index in [1.807, 2.05) is 13.8 Å². The molecule has 0 bridgehead atoms. The summed E-state index contributed by atoms with van der Waals surface area (Å²) in [7, 11) is 0. The van der Waals surface area contributed by atoms with Crippen LogP contribution < -0.4 is 15.8 Å². The van der Waals surface area contributed by atoms with E-state index < -0.39 is 17.9 Å². The Morgan fingerprint density at radius 3 is 2.58 bits per heavy atom. The van der Waals surface area contributed by atoms with Gasteiger partial charge in [0, 0.05) is 0 Å². The lowest BCUT2D eigenvalue weighted by Crippen LogP contribution is -2.41. The quantitative estimate of drug-likeness (QED) is 0.374. The third kappa shape index (κ3) is 5.95. The summed E-state index contributed by atoms with van der Waals surface area (Å²) < 4.78 is 19.0. The van der Waals surface area contributed by atoms with Crippen molar-refractivity contribution in [3.63, 3.8) is 0 Å². The van der Waals surface area contributed by atoms with Crippen LogP contribution in [0.15, 0.2) is 36.4 Å². The molecule has 0 saturated carbocycles. The van der Waals surface area contributed by atoms with Gasteiger partial charge in [-0.05, 0) is 41.8 Å². The summed E-state index contributed by atoms with van der Waals surface area (Å²) in [6.45, 7) is 3.56. The fourth-order valence-electron chi connectivity index (χ4n) is 3.23. The molecule has 0 aliphatic carbocycles. The van der Waals surface area contributed by atoms with Crippen molar-refractivity contribution < 1.29 is 23.8 Å². The first-order valence-electron chi connectivity index (χ1n) is 10.6. The van der Waals surface area contributed by atoms with Crippen molar-refractivity contribution in [3.8, 4) is 5.75 Å². The number of primary amides is 1. The largest absolute Gasteiger partial charge is 0.491 e. The van der Waals surface area contributed by atoms with Crippen LogP contribution in [0.5, 0.6) is 5.75 Å². The monoisotopic (exact) mass is 454 g/mol. The number of carbonyl (C=O) groups excluding carboxylic acids is 2. The summed E-state index contributed by atoms with van der Waals surface area (Å²) in [5.41, 5.74) is 7.37. The van der Waals surface area contributed by atoms with E-state index in [0.717, 1.165) is 5.56 Å². The number of fused-ring (bicyclic) bond motifs is 1. The van der Waals surface area contributed by atoms with Crippen LogP contribution in [0.3, 0.4) is 0 Å². The Labute approximate surface area is 190 Å². The Balaban J connectivity index is 2.02. The lowest BCUT2D eigenvalue weighted by atomic mass is 10.0. The number of nitrogens with zero attached hydrogens (tertiary/aromatic N) is 1. The average Bonchev–Trinajstić information content (AvgIpc) is 3.20. The summed E-state index contributed by atoms with van der Waals surface area (Å²) in [4.78, 5) is 24.3. The number of ether oxygens (including phenoxy) is 1. The number of nitrogens with two attached hydrogens (primary N) is 1. The molecule has 0 saturated heterocycles. The number of aliphatic hydroxyl groups is 1. The summed E-state index contributed by atoms with van der Waals surface area (Å²) in [5, 5.41) is 20.2. The molecule has 33 heavy (non-hydrogen) atoms. The van der Waals surface area contributed by atoms with Crippen molar-refractivity contribution in [1.29, 1.82) is 0 Å². The van der Waals surface area contributed by atoms with Crippen molar-refractivity contribution in [1.82, 2.24) is 15.5 Å². The van der Waals surface area contributed by atoms with Gasteiger partial charge in [0.15, 0.2) is 0 Å². The molecule has 0 aliphatic heterocycles.